The van der Waals surface area contributed by atoms with Crippen molar-refractivity contribution in [2.75, 3.05) is 20.1 Å². The smallest absolute Gasteiger partial charge is 0.230 e. The number of rotatable bonds is 4. The third kappa shape index (κ3) is 6.24. The Bertz CT molecular complexity index is 1030. The fraction of sp³-hybridized carbons (Fsp3) is 0.400. The molecule has 178 valence electrons. The summed E-state index contributed by atoms with van der Waals surface area (Å²) in [5, 5.41) is 28.4. The molecule has 0 radical (unpaired) electrons. The number of phenolic OH excluding ortho intramolecular Hbond substituents is 3. The van der Waals surface area contributed by atoms with E-state index >= 15 is 0 Å². The van der Waals surface area contributed by atoms with E-state index < -0.39 is 11.6 Å². The number of nitrogens with two attached hydrogens (primary N) is 1. The number of halogens is 1. The molecule has 4 rings (SSSR count). The maximum atomic E-state index is 12.8. The van der Waals surface area contributed by atoms with Gasteiger partial charge in [-0.3, -0.25) is 9.69 Å². The molecule has 8 heteroatoms. The van der Waals surface area contributed by atoms with Gasteiger partial charge >= 0.3 is 0 Å². The Labute approximate surface area is 193 Å². The average Bonchev–Trinajstić information content (AvgIpc) is 3.37. The van der Waals surface area contributed by atoms with E-state index in [0.717, 1.165) is 49.5 Å². The minimum Gasteiger partial charge on any atom is -0.508 e. The molecule has 1 aliphatic carbocycles. The zero-order chi connectivity index (χ0) is 24.1. The molecule has 7 nitrogen and oxygen atoms in total. The number of benzene rings is 2. The summed E-state index contributed by atoms with van der Waals surface area (Å²) in [6.07, 6.45) is 6.36. The number of fused-ring (bicyclic) bond motifs is 1. The third-order valence-corrected chi connectivity index (χ3v) is 6.10. The number of nitrogens with zero attached hydrogens (tertiary/aromatic N) is 2. The second-order valence-electron chi connectivity index (χ2n) is 8.66. The first kappa shape index (κ1) is 24.5. The number of amides is 1. The van der Waals surface area contributed by atoms with Crippen molar-refractivity contribution in [3.63, 3.8) is 0 Å². The Morgan fingerprint density at radius 3 is 2.61 bits per heavy atom. The molecule has 5 N–H and O–H groups in total. The van der Waals surface area contributed by atoms with Gasteiger partial charge in [0.2, 0.25) is 5.91 Å². The number of likely N-dealkylation sites (tertiary alicyclic amines) is 1. The number of carbonyl (C=O) groups excluding carboxylic acids is 1. The van der Waals surface area contributed by atoms with Gasteiger partial charge in [0.25, 0.3) is 0 Å². The molecule has 2 aliphatic rings. The highest BCUT2D eigenvalue weighted by Crippen LogP contribution is 2.36. The molecule has 33 heavy (non-hydrogen) atoms. The summed E-state index contributed by atoms with van der Waals surface area (Å²) in [4.78, 5) is 15.4. The fourth-order valence-corrected chi connectivity index (χ4v) is 4.36. The zero-order valence-corrected chi connectivity index (χ0v) is 19.0. The molecule has 2 unspecified atom stereocenters. The van der Waals surface area contributed by atoms with E-state index in [4.69, 9.17) is 10.8 Å². The molecular weight excluding hydrogens is 425 g/mol. The second-order valence-corrected chi connectivity index (χ2v) is 8.66. The Morgan fingerprint density at radius 1 is 1.21 bits per heavy atom. The number of hydrogen-bond acceptors (Lipinski definition) is 6. The molecule has 1 saturated heterocycles. The highest BCUT2D eigenvalue weighted by Gasteiger charge is 2.32. The van der Waals surface area contributed by atoms with Crippen molar-refractivity contribution in [2.24, 2.45) is 5.73 Å². The lowest BCUT2D eigenvalue weighted by Crippen LogP contribution is -2.36. The molecule has 0 spiro atoms. The SMILES string of the molecule is C/C=C\N(C)C(=O)Cc1ccc(F)c(O)c1.NC1CCN(C2Cc3cc(O)cc(O)c3C2)C1. The first-order valence-corrected chi connectivity index (χ1v) is 11.1. The number of hydrogen-bond donors (Lipinski definition) is 4. The van der Waals surface area contributed by atoms with Gasteiger partial charge in [-0.2, -0.15) is 0 Å². The summed E-state index contributed by atoms with van der Waals surface area (Å²) in [5.74, 6) is -0.855. The van der Waals surface area contributed by atoms with Gasteiger partial charge in [-0.1, -0.05) is 12.1 Å². The van der Waals surface area contributed by atoms with E-state index in [1.165, 1.54) is 23.1 Å². The summed E-state index contributed by atoms with van der Waals surface area (Å²) < 4.78 is 12.8. The van der Waals surface area contributed by atoms with Crippen molar-refractivity contribution >= 4 is 5.91 Å². The van der Waals surface area contributed by atoms with Crippen LogP contribution in [0.2, 0.25) is 0 Å². The normalized spacial score (nSPS) is 19.9. The van der Waals surface area contributed by atoms with Crippen LogP contribution in [0.3, 0.4) is 0 Å². The quantitative estimate of drug-likeness (QED) is 0.562. The predicted molar refractivity (Wildman–Crippen MR) is 124 cm³/mol. The summed E-state index contributed by atoms with van der Waals surface area (Å²) in [6.45, 7) is 3.81. The molecule has 0 bridgehead atoms. The number of carbonyl (C=O) groups is 1. The molecule has 1 fully saturated rings. The highest BCUT2D eigenvalue weighted by molar-refractivity contribution is 5.79. The summed E-state index contributed by atoms with van der Waals surface area (Å²) in [6, 6.07) is 7.81. The summed E-state index contributed by atoms with van der Waals surface area (Å²) in [7, 11) is 1.64. The van der Waals surface area contributed by atoms with Crippen molar-refractivity contribution in [3.8, 4) is 17.2 Å². The van der Waals surface area contributed by atoms with Gasteiger partial charge in [-0.25, -0.2) is 4.39 Å². The van der Waals surface area contributed by atoms with Crippen molar-refractivity contribution < 1.29 is 24.5 Å². The van der Waals surface area contributed by atoms with Crippen molar-refractivity contribution in [2.45, 2.75) is 44.7 Å². The molecule has 1 amide bonds. The van der Waals surface area contributed by atoms with Crippen molar-refractivity contribution in [1.29, 1.82) is 0 Å². The topological polar surface area (TPSA) is 110 Å². The summed E-state index contributed by atoms with van der Waals surface area (Å²) >= 11 is 0. The minimum absolute atomic E-state index is 0.121. The van der Waals surface area contributed by atoms with Crippen LogP contribution in [-0.2, 0) is 24.1 Å². The zero-order valence-electron chi connectivity index (χ0n) is 19.0. The maximum absolute atomic E-state index is 12.8. The Hall–Kier alpha value is -3.10. The number of likely N-dealkylation sites (N-methyl/N-ethyl adjacent to an activating group) is 1. The van der Waals surface area contributed by atoms with Gasteiger partial charge in [-0.05, 0) is 61.1 Å². The van der Waals surface area contributed by atoms with E-state index in [2.05, 4.69) is 4.90 Å². The molecule has 0 aromatic heterocycles. The highest BCUT2D eigenvalue weighted by atomic mass is 19.1. The van der Waals surface area contributed by atoms with E-state index in [-0.39, 0.29) is 23.8 Å². The van der Waals surface area contributed by atoms with E-state index in [1.54, 1.807) is 25.4 Å². The molecule has 1 aliphatic heterocycles. The van der Waals surface area contributed by atoms with Crippen LogP contribution in [0.25, 0.3) is 0 Å². The number of allylic oxidation sites excluding steroid dienone is 1. The lowest BCUT2D eigenvalue weighted by molar-refractivity contribution is -0.126. The van der Waals surface area contributed by atoms with E-state index in [1.807, 2.05) is 6.92 Å². The molecule has 2 aromatic rings. The van der Waals surface area contributed by atoms with Gasteiger partial charge in [0.05, 0.1) is 6.42 Å². The maximum Gasteiger partial charge on any atom is 0.230 e. The number of phenols is 3. The molecule has 0 saturated carbocycles. The summed E-state index contributed by atoms with van der Waals surface area (Å²) in [5.41, 5.74) is 8.57. The third-order valence-electron chi connectivity index (χ3n) is 6.10. The first-order valence-electron chi connectivity index (χ1n) is 11.1. The largest absolute Gasteiger partial charge is 0.508 e. The first-order chi connectivity index (χ1) is 15.7. The molecule has 2 atom stereocenters. The van der Waals surface area contributed by atoms with Crippen LogP contribution in [-0.4, -0.2) is 63.2 Å². The van der Waals surface area contributed by atoms with Gasteiger partial charge in [0.15, 0.2) is 11.6 Å². The predicted octanol–water partition coefficient (Wildman–Crippen LogP) is 2.66. The average molecular weight is 458 g/mol. The van der Waals surface area contributed by atoms with Crippen molar-refractivity contribution in [1.82, 2.24) is 9.80 Å². The van der Waals surface area contributed by atoms with Crippen LogP contribution in [0, 0.1) is 5.82 Å². The van der Waals surface area contributed by atoms with Crippen LogP contribution >= 0.6 is 0 Å². The Balaban J connectivity index is 0.000000186. The number of aromatic hydroxyl groups is 3. The Morgan fingerprint density at radius 2 is 1.97 bits per heavy atom. The molecule has 2 aromatic carbocycles. The molecule has 1 heterocycles. The van der Waals surface area contributed by atoms with E-state index in [0.29, 0.717) is 17.6 Å². The lowest BCUT2D eigenvalue weighted by Gasteiger charge is -2.22. The second kappa shape index (κ2) is 10.7. The fourth-order valence-electron chi connectivity index (χ4n) is 4.36. The monoisotopic (exact) mass is 457 g/mol. The molecular formula is C25H32FN3O4. The van der Waals surface area contributed by atoms with Crippen LogP contribution in [0.5, 0.6) is 17.2 Å². The standard InChI is InChI=1S/C13H18N2O2.C12H14FNO2/c14-9-1-2-15(7-9)10-3-8-4-11(16)6-13(17)12(8)5-10;1-3-6-14(2)12(16)8-9-4-5-10(13)11(15)7-9/h4,6,9-10,16-17H,1-3,5,7,14H2;3-7,15H,8H2,1-2H3/b;6-3-. The van der Waals surface area contributed by atoms with Gasteiger partial charge in [-0.15, -0.1) is 0 Å². The van der Waals surface area contributed by atoms with Gasteiger partial charge in [0, 0.05) is 44.5 Å². The van der Waals surface area contributed by atoms with Crippen molar-refractivity contribution in [3.05, 3.63) is 65.1 Å². The lowest BCUT2D eigenvalue weighted by atomic mass is 10.1. The van der Waals surface area contributed by atoms with Crippen LogP contribution in [0.15, 0.2) is 42.6 Å². The van der Waals surface area contributed by atoms with Gasteiger partial charge in [0.1, 0.15) is 11.5 Å². The minimum atomic E-state index is -0.682. The van der Waals surface area contributed by atoms with Crippen LogP contribution < -0.4 is 5.73 Å². The van der Waals surface area contributed by atoms with Crippen LogP contribution in [0.1, 0.15) is 30.0 Å². The Kier molecular flexibility index (Phi) is 7.94. The van der Waals surface area contributed by atoms with Gasteiger partial charge < -0.3 is 26.0 Å². The van der Waals surface area contributed by atoms with E-state index in [9.17, 15) is 19.4 Å². The van der Waals surface area contributed by atoms with Crippen LogP contribution in [0.4, 0.5) is 4.39 Å².